The van der Waals surface area contributed by atoms with Crippen LogP contribution in [0.15, 0.2) is 16.5 Å². The number of furan rings is 1. The number of hydrogen-bond acceptors (Lipinski definition) is 4. The zero-order chi connectivity index (χ0) is 13.1. The van der Waals surface area contributed by atoms with Gasteiger partial charge in [-0.25, -0.2) is 5.84 Å². The van der Waals surface area contributed by atoms with Crippen LogP contribution in [0.4, 0.5) is 13.2 Å². The first-order valence-corrected chi connectivity index (χ1v) is 4.67. The Morgan fingerprint density at radius 3 is 2.71 bits per heavy atom. The maximum Gasteiger partial charge on any atom is 0.401 e. The van der Waals surface area contributed by atoms with E-state index >= 15 is 0 Å². The maximum atomic E-state index is 12.0. The molecule has 1 amide bonds. The minimum atomic E-state index is -4.27. The number of hydrogen-bond donors (Lipinski definition) is 2. The fourth-order valence-electron chi connectivity index (χ4n) is 1.28. The van der Waals surface area contributed by atoms with Crippen LogP contribution in [-0.2, 0) is 6.54 Å². The summed E-state index contributed by atoms with van der Waals surface area (Å²) in [5.41, 5.74) is 1.86. The molecule has 1 aromatic rings. The summed E-state index contributed by atoms with van der Waals surface area (Å²) in [6.45, 7) is -1.09. The van der Waals surface area contributed by atoms with E-state index in [0.29, 0.717) is 0 Å². The second kappa shape index (κ2) is 5.19. The van der Waals surface area contributed by atoms with Crippen molar-refractivity contribution in [1.29, 1.82) is 0 Å². The maximum absolute atomic E-state index is 12.0. The third-order valence-electron chi connectivity index (χ3n) is 1.89. The van der Waals surface area contributed by atoms with Crippen LogP contribution in [0.2, 0.25) is 0 Å². The lowest BCUT2D eigenvalue weighted by Gasteiger charge is -2.16. The summed E-state index contributed by atoms with van der Waals surface area (Å²) in [5, 5.41) is 0. The highest BCUT2D eigenvalue weighted by atomic mass is 19.4. The minimum Gasteiger partial charge on any atom is -0.455 e. The zero-order valence-electron chi connectivity index (χ0n) is 9.04. The van der Waals surface area contributed by atoms with Gasteiger partial charge >= 0.3 is 12.1 Å². The zero-order valence-corrected chi connectivity index (χ0v) is 9.04. The van der Waals surface area contributed by atoms with E-state index in [-0.39, 0.29) is 18.1 Å². The molecule has 1 rings (SSSR count). The van der Waals surface area contributed by atoms with E-state index in [9.17, 15) is 18.0 Å². The van der Waals surface area contributed by atoms with Gasteiger partial charge < -0.3 is 4.42 Å². The predicted molar refractivity (Wildman–Crippen MR) is 52.8 cm³/mol. The van der Waals surface area contributed by atoms with Crippen molar-refractivity contribution in [3.05, 3.63) is 23.7 Å². The van der Waals surface area contributed by atoms with Gasteiger partial charge in [-0.2, -0.15) is 13.2 Å². The molecule has 0 aliphatic rings. The molecule has 0 saturated heterocycles. The second-order valence-electron chi connectivity index (χ2n) is 3.53. The topological polar surface area (TPSA) is 71.5 Å². The Bertz CT molecular complexity index is 389. The van der Waals surface area contributed by atoms with E-state index in [0.717, 1.165) is 4.90 Å². The van der Waals surface area contributed by atoms with Crippen LogP contribution in [-0.4, -0.2) is 30.6 Å². The van der Waals surface area contributed by atoms with Gasteiger partial charge in [-0.15, -0.1) is 0 Å². The number of carbonyl (C=O) groups excluding carboxylic acids is 1. The molecule has 0 aromatic carbocycles. The van der Waals surface area contributed by atoms with Gasteiger partial charge in [0.05, 0.1) is 13.1 Å². The third-order valence-corrected chi connectivity index (χ3v) is 1.89. The van der Waals surface area contributed by atoms with Gasteiger partial charge in [0, 0.05) is 0 Å². The van der Waals surface area contributed by atoms with Crippen LogP contribution in [0.3, 0.4) is 0 Å². The Morgan fingerprint density at radius 2 is 2.18 bits per heavy atom. The number of halogens is 3. The van der Waals surface area contributed by atoms with E-state index in [1.165, 1.54) is 19.2 Å². The number of rotatable bonds is 4. The monoisotopic (exact) mass is 251 g/mol. The number of amides is 1. The molecule has 17 heavy (non-hydrogen) atoms. The predicted octanol–water partition coefficient (Wildman–Crippen LogP) is 0.877. The number of nitrogens with two attached hydrogens (primary N) is 1. The molecule has 5 nitrogen and oxygen atoms in total. The molecule has 0 saturated carbocycles. The first kappa shape index (κ1) is 13.5. The molecule has 1 aromatic heterocycles. The molecule has 0 spiro atoms. The van der Waals surface area contributed by atoms with Crippen molar-refractivity contribution in [2.24, 2.45) is 5.84 Å². The minimum absolute atomic E-state index is 0.0390. The number of nitrogens with one attached hydrogen (secondary N) is 1. The van der Waals surface area contributed by atoms with Gasteiger partial charge in [-0.05, 0) is 19.2 Å². The smallest absolute Gasteiger partial charge is 0.401 e. The van der Waals surface area contributed by atoms with Crippen LogP contribution in [0, 0.1) is 0 Å². The van der Waals surface area contributed by atoms with Gasteiger partial charge in [0.15, 0.2) is 5.76 Å². The Balaban J connectivity index is 2.57. The Kier molecular flexibility index (Phi) is 4.13. The van der Waals surface area contributed by atoms with E-state index in [1.54, 1.807) is 0 Å². The molecule has 96 valence electrons. The van der Waals surface area contributed by atoms with E-state index in [1.807, 2.05) is 5.43 Å². The van der Waals surface area contributed by atoms with Gasteiger partial charge in [0.25, 0.3) is 0 Å². The number of carbonyl (C=O) groups is 1. The highest BCUT2D eigenvalue weighted by molar-refractivity contribution is 5.90. The molecule has 0 bridgehead atoms. The highest BCUT2D eigenvalue weighted by Crippen LogP contribution is 2.17. The van der Waals surface area contributed by atoms with Crippen molar-refractivity contribution < 1.29 is 22.4 Å². The fourth-order valence-corrected chi connectivity index (χ4v) is 1.28. The van der Waals surface area contributed by atoms with Gasteiger partial charge in [0.2, 0.25) is 0 Å². The van der Waals surface area contributed by atoms with Crippen LogP contribution in [0.25, 0.3) is 0 Å². The molecular weight excluding hydrogens is 239 g/mol. The van der Waals surface area contributed by atoms with Crippen LogP contribution >= 0.6 is 0 Å². The molecular formula is C9H12F3N3O2. The summed E-state index contributed by atoms with van der Waals surface area (Å²) >= 11 is 0. The molecule has 0 aliphatic carbocycles. The van der Waals surface area contributed by atoms with E-state index in [4.69, 9.17) is 10.3 Å². The van der Waals surface area contributed by atoms with Crippen LogP contribution in [0.5, 0.6) is 0 Å². The molecule has 0 unspecified atom stereocenters. The van der Waals surface area contributed by atoms with Gasteiger partial charge in [0.1, 0.15) is 5.76 Å². The highest BCUT2D eigenvalue weighted by Gasteiger charge is 2.29. The van der Waals surface area contributed by atoms with Crippen molar-refractivity contribution in [2.75, 3.05) is 13.6 Å². The molecule has 0 radical (unpaired) electrons. The van der Waals surface area contributed by atoms with Crippen molar-refractivity contribution >= 4 is 5.91 Å². The Morgan fingerprint density at radius 1 is 1.53 bits per heavy atom. The average Bonchev–Trinajstić information content (AvgIpc) is 2.62. The van der Waals surface area contributed by atoms with Crippen LogP contribution < -0.4 is 11.3 Å². The molecule has 0 aliphatic heterocycles. The third kappa shape index (κ3) is 4.45. The summed E-state index contributed by atoms with van der Waals surface area (Å²) in [6, 6.07) is 2.77. The van der Waals surface area contributed by atoms with Crippen molar-refractivity contribution in [3.63, 3.8) is 0 Å². The average molecular weight is 251 g/mol. The van der Waals surface area contributed by atoms with E-state index in [2.05, 4.69) is 0 Å². The first-order valence-electron chi connectivity index (χ1n) is 4.67. The fraction of sp³-hybridized carbons (Fsp3) is 0.444. The summed E-state index contributed by atoms with van der Waals surface area (Å²) in [7, 11) is 1.30. The quantitative estimate of drug-likeness (QED) is 0.473. The molecule has 1 heterocycles. The molecule has 0 fully saturated rings. The normalized spacial score (nSPS) is 11.9. The Labute approximate surface area is 95.3 Å². The number of alkyl halides is 3. The first-order chi connectivity index (χ1) is 7.81. The van der Waals surface area contributed by atoms with E-state index < -0.39 is 18.6 Å². The second-order valence-corrected chi connectivity index (χ2v) is 3.53. The number of hydrazine groups is 1. The largest absolute Gasteiger partial charge is 0.455 e. The standard InChI is InChI=1S/C9H12F3N3O2/c1-15(5-9(10,11)12)4-6-2-3-7(17-6)8(16)14-13/h2-3H,4-5,13H2,1H3,(H,14,16). The number of nitrogen functional groups attached to an aromatic ring is 1. The molecule has 3 N–H and O–H groups in total. The lowest BCUT2D eigenvalue weighted by Crippen LogP contribution is -2.30. The molecule has 0 atom stereocenters. The van der Waals surface area contributed by atoms with Crippen molar-refractivity contribution in [1.82, 2.24) is 10.3 Å². The molecule has 8 heteroatoms. The summed E-state index contributed by atoms with van der Waals surface area (Å²) in [6.07, 6.45) is -4.27. The van der Waals surface area contributed by atoms with Gasteiger partial charge in [-0.1, -0.05) is 0 Å². The van der Waals surface area contributed by atoms with Crippen LogP contribution in [0.1, 0.15) is 16.3 Å². The summed E-state index contributed by atoms with van der Waals surface area (Å²) in [4.78, 5) is 12.0. The Hall–Kier alpha value is -1.54. The summed E-state index contributed by atoms with van der Waals surface area (Å²) < 4.78 is 41.2. The summed E-state index contributed by atoms with van der Waals surface area (Å²) in [5.74, 6) is 4.47. The van der Waals surface area contributed by atoms with Crippen molar-refractivity contribution in [2.45, 2.75) is 12.7 Å². The lowest BCUT2D eigenvalue weighted by molar-refractivity contribution is -0.144. The van der Waals surface area contributed by atoms with Crippen molar-refractivity contribution in [3.8, 4) is 0 Å². The lowest BCUT2D eigenvalue weighted by atomic mass is 10.4. The number of nitrogens with zero attached hydrogens (tertiary/aromatic N) is 1. The van der Waals surface area contributed by atoms with Gasteiger partial charge in [-0.3, -0.25) is 15.1 Å². The SMILES string of the molecule is CN(Cc1ccc(C(=O)NN)o1)CC(F)(F)F.